The second kappa shape index (κ2) is 8.17. The molecule has 0 aromatic heterocycles. The Balaban J connectivity index is 1.45. The Kier molecular flexibility index (Phi) is 5.47. The minimum absolute atomic E-state index is 0.126. The minimum Gasteiger partial charge on any atom is -0.343 e. The van der Waals surface area contributed by atoms with Gasteiger partial charge in [-0.3, -0.25) is 19.9 Å². The topological polar surface area (TPSA) is 59.1 Å². The number of amides is 3. The molecule has 8 heteroatoms. The molecule has 3 heterocycles. The largest absolute Gasteiger partial charge is 0.343 e. The van der Waals surface area contributed by atoms with E-state index in [1.807, 2.05) is 43.3 Å². The zero-order valence-corrected chi connectivity index (χ0v) is 20.1. The van der Waals surface area contributed by atoms with Crippen molar-refractivity contribution in [2.24, 2.45) is 5.92 Å². The molecule has 0 radical (unpaired) electrons. The second-order valence-electron chi connectivity index (χ2n) is 9.16. The van der Waals surface area contributed by atoms with Gasteiger partial charge in [0.1, 0.15) is 18.5 Å². The fraction of sp³-hybridized carbons (Fsp3) is 0.417. The maximum Gasteiger partial charge on any atom is 0.328 e. The van der Waals surface area contributed by atoms with Crippen molar-refractivity contribution >= 4 is 33.6 Å². The van der Waals surface area contributed by atoms with Crippen molar-refractivity contribution in [2.45, 2.75) is 38.9 Å². The minimum atomic E-state index is -0.408. The van der Waals surface area contributed by atoms with E-state index in [1.54, 1.807) is 11.9 Å². The van der Waals surface area contributed by atoms with E-state index in [0.717, 1.165) is 34.4 Å². The van der Waals surface area contributed by atoms with Gasteiger partial charge in [0, 0.05) is 30.3 Å². The van der Waals surface area contributed by atoms with Crippen LogP contribution in [0, 0.1) is 12.8 Å². The molecule has 3 aliphatic rings. The number of benzene rings is 2. The maximum absolute atomic E-state index is 13.7. The van der Waals surface area contributed by atoms with Crippen LogP contribution >= 0.6 is 15.9 Å². The normalized spacial score (nSPS) is 28.2. The average Bonchev–Trinajstić information content (AvgIpc) is 3.16. The monoisotopic (exact) mass is 497 g/mol. The summed E-state index contributed by atoms with van der Waals surface area (Å²) in [5.74, 6) is 0.260. The van der Waals surface area contributed by atoms with Crippen molar-refractivity contribution < 1.29 is 9.59 Å². The SMILES string of the molecule is Cc1ccc(CN2C(=O)C3C(NC4N(c5ccc(Br)cc5)CC(C)CN34)N(C)C2=O)cc1. The Hall–Kier alpha value is -2.42. The molecule has 4 unspecified atom stereocenters. The molecule has 32 heavy (non-hydrogen) atoms. The number of imide groups is 1. The molecule has 7 nitrogen and oxygen atoms in total. The number of nitrogens with zero attached hydrogens (tertiary/aromatic N) is 4. The van der Waals surface area contributed by atoms with Gasteiger partial charge in [-0.25, -0.2) is 4.79 Å². The summed E-state index contributed by atoms with van der Waals surface area (Å²) in [5, 5.41) is 3.58. The highest BCUT2D eigenvalue weighted by atomic mass is 79.9. The molecule has 0 saturated carbocycles. The van der Waals surface area contributed by atoms with Gasteiger partial charge in [0.15, 0.2) is 0 Å². The van der Waals surface area contributed by atoms with E-state index in [4.69, 9.17) is 0 Å². The fourth-order valence-electron chi connectivity index (χ4n) is 5.07. The van der Waals surface area contributed by atoms with Gasteiger partial charge in [0.25, 0.3) is 5.91 Å². The number of fused-ring (bicyclic) bond motifs is 3. The number of halogens is 1. The quantitative estimate of drug-likeness (QED) is 0.705. The zero-order valence-electron chi connectivity index (χ0n) is 18.5. The lowest BCUT2D eigenvalue weighted by molar-refractivity contribution is -0.139. The molecule has 4 atom stereocenters. The van der Waals surface area contributed by atoms with E-state index in [1.165, 1.54) is 4.90 Å². The van der Waals surface area contributed by atoms with Gasteiger partial charge in [-0.2, -0.15) is 0 Å². The maximum atomic E-state index is 13.7. The van der Waals surface area contributed by atoms with Gasteiger partial charge >= 0.3 is 6.03 Å². The van der Waals surface area contributed by atoms with E-state index in [2.05, 4.69) is 50.1 Å². The number of likely N-dealkylation sites (N-methyl/N-ethyl adjacent to an activating group) is 1. The van der Waals surface area contributed by atoms with Crippen LogP contribution in [0.4, 0.5) is 10.5 Å². The first kappa shape index (κ1) is 21.4. The van der Waals surface area contributed by atoms with Gasteiger partial charge in [-0.1, -0.05) is 52.7 Å². The van der Waals surface area contributed by atoms with Gasteiger partial charge in [0.05, 0.1) is 6.54 Å². The van der Waals surface area contributed by atoms with Gasteiger partial charge in [0.2, 0.25) is 0 Å². The van der Waals surface area contributed by atoms with E-state index in [9.17, 15) is 9.59 Å². The fourth-order valence-corrected chi connectivity index (χ4v) is 5.34. The van der Waals surface area contributed by atoms with Crippen LogP contribution in [0.5, 0.6) is 0 Å². The molecular formula is C24H28BrN5O2. The molecule has 3 amide bonds. The van der Waals surface area contributed by atoms with Crippen molar-refractivity contribution in [3.63, 3.8) is 0 Å². The predicted octanol–water partition coefficient (Wildman–Crippen LogP) is 3.19. The lowest BCUT2D eigenvalue weighted by atomic mass is 10.0. The summed E-state index contributed by atoms with van der Waals surface area (Å²) in [4.78, 5) is 34.4. The lowest BCUT2D eigenvalue weighted by Gasteiger charge is -2.46. The van der Waals surface area contributed by atoms with Gasteiger partial charge in [-0.05, 0) is 42.7 Å². The first-order chi connectivity index (χ1) is 15.3. The predicted molar refractivity (Wildman–Crippen MR) is 127 cm³/mol. The van der Waals surface area contributed by atoms with Crippen LogP contribution in [0.1, 0.15) is 18.1 Å². The standard InChI is InChI=1S/C24H28BrN5O2/c1-15-4-6-17(7-5-15)14-30-22(31)20-21(27(3)24(30)32)26-23-28(12-16(2)13-29(20)23)19-10-8-18(25)9-11-19/h4-11,16,20-21,23,26H,12-14H2,1-3H3. The molecule has 0 aliphatic carbocycles. The van der Waals surface area contributed by atoms with Crippen molar-refractivity contribution in [2.75, 3.05) is 25.0 Å². The Morgan fingerprint density at radius 2 is 1.72 bits per heavy atom. The third-order valence-corrected chi connectivity index (χ3v) is 7.23. The zero-order chi connectivity index (χ0) is 22.6. The highest BCUT2D eigenvalue weighted by Crippen LogP contribution is 2.35. The number of nitrogens with one attached hydrogen (secondary N) is 1. The number of anilines is 1. The van der Waals surface area contributed by atoms with Crippen LogP contribution in [0.15, 0.2) is 53.0 Å². The van der Waals surface area contributed by atoms with E-state index in [0.29, 0.717) is 5.92 Å². The molecule has 0 bridgehead atoms. The van der Waals surface area contributed by atoms with Crippen LogP contribution < -0.4 is 10.2 Å². The first-order valence-corrected chi connectivity index (χ1v) is 11.8. The Bertz CT molecular complexity index is 1030. The molecular weight excluding hydrogens is 470 g/mol. The number of carbonyl (C=O) groups excluding carboxylic acids is 2. The van der Waals surface area contributed by atoms with Crippen molar-refractivity contribution in [3.8, 4) is 0 Å². The molecule has 1 N–H and O–H groups in total. The molecule has 0 spiro atoms. The third-order valence-electron chi connectivity index (χ3n) is 6.70. The molecule has 3 aliphatic heterocycles. The number of rotatable bonds is 3. The smallest absolute Gasteiger partial charge is 0.328 e. The molecule has 2 aromatic rings. The van der Waals surface area contributed by atoms with Crippen molar-refractivity contribution in [1.82, 2.24) is 20.0 Å². The Morgan fingerprint density at radius 3 is 2.41 bits per heavy atom. The number of urea groups is 1. The van der Waals surface area contributed by atoms with E-state index < -0.39 is 6.04 Å². The van der Waals surface area contributed by atoms with E-state index >= 15 is 0 Å². The second-order valence-corrected chi connectivity index (χ2v) is 10.1. The van der Waals surface area contributed by atoms with Crippen LogP contribution in [0.25, 0.3) is 0 Å². The van der Waals surface area contributed by atoms with Gasteiger partial charge in [-0.15, -0.1) is 0 Å². The molecule has 5 rings (SSSR count). The first-order valence-electron chi connectivity index (χ1n) is 11.0. The van der Waals surface area contributed by atoms with Gasteiger partial charge < -0.3 is 9.80 Å². The van der Waals surface area contributed by atoms with Crippen molar-refractivity contribution in [1.29, 1.82) is 0 Å². The van der Waals surface area contributed by atoms with Crippen LogP contribution in [-0.2, 0) is 11.3 Å². The highest BCUT2D eigenvalue weighted by Gasteiger charge is 2.56. The molecule has 2 aromatic carbocycles. The summed E-state index contributed by atoms with van der Waals surface area (Å²) in [6.45, 7) is 6.21. The molecule has 3 fully saturated rings. The summed E-state index contributed by atoms with van der Waals surface area (Å²) < 4.78 is 1.03. The number of hydrogen-bond acceptors (Lipinski definition) is 5. The molecule has 168 valence electrons. The highest BCUT2D eigenvalue weighted by molar-refractivity contribution is 9.10. The summed E-state index contributed by atoms with van der Waals surface area (Å²) in [6, 6.07) is 15.6. The third kappa shape index (κ3) is 3.60. The summed E-state index contributed by atoms with van der Waals surface area (Å²) in [6.07, 6.45) is -0.488. The lowest BCUT2D eigenvalue weighted by Crippen LogP contribution is -2.66. The number of carbonyl (C=O) groups is 2. The summed E-state index contributed by atoms with van der Waals surface area (Å²) in [5.41, 5.74) is 3.20. The van der Waals surface area contributed by atoms with Crippen LogP contribution in [-0.4, -0.2) is 65.3 Å². The van der Waals surface area contributed by atoms with E-state index in [-0.39, 0.29) is 30.9 Å². The van der Waals surface area contributed by atoms with Crippen molar-refractivity contribution in [3.05, 3.63) is 64.1 Å². The Morgan fingerprint density at radius 1 is 1.03 bits per heavy atom. The summed E-state index contributed by atoms with van der Waals surface area (Å²) >= 11 is 3.51. The average molecular weight is 498 g/mol. The number of aryl methyl sites for hydroxylation is 1. The van der Waals surface area contributed by atoms with Crippen LogP contribution in [0.3, 0.4) is 0 Å². The summed E-state index contributed by atoms with van der Waals surface area (Å²) in [7, 11) is 1.79. The Labute approximate surface area is 197 Å². The number of hydrogen-bond donors (Lipinski definition) is 1. The van der Waals surface area contributed by atoms with Crippen LogP contribution in [0.2, 0.25) is 0 Å². The molecule has 3 saturated heterocycles.